The van der Waals surface area contributed by atoms with E-state index in [4.69, 9.17) is 14.2 Å². The lowest BCUT2D eigenvalue weighted by atomic mass is 10.00. The summed E-state index contributed by atoms with van der Waals surface area (Å²) in [5.74, 6) is 1.49. The maximum absolute atomic E-state index is 12.7. The monoisotopic (exact) mass is 432 g/mol. The molecule has 0 bridgehead atoms. The number of carbonyl (C=O) groups is 2. The highest BCUT2D eigenvalue weighted by Crippen LogP contribution is 2.31. The highest BCUT2D eigenvalue weighted by atomic mass is 16.5. The van der Waals surface area contributed by atoms with Crippen LogP contribution in [0.2, 0.25) is 0 Å². The second kappa shape index (κ2) is 9.87. The highest BCUT2D eigenvalue weighted by molar-refractivity contribution is 5.94. The summed E-state index contributed by atoms with van der Waals surface area (Å²) in [6.07, 6.45) is 0.715. The van der Waals surface area contributed by atoms with Gasteiger partial charge in [-0.05, 0) is 42.5 Å². The molecule has 0 aliphatic carbocycles. The van der Waals surface area contributed by atoms with E-state index < -0.39 is 0 Å². The number of amides is 2. The molecule has 1 heterocycles. The van der Waals surface area contributed by atoms with Crippen LogP contribution in [0.1, 0.15) is 28.4 Å². The number of rotatable bonds is 7. The van der Waals surface area contributed by atoms with Crippen molar-refractivity contribution in [1.29, 1.82) is 0 Å². The van der Waals surface area contributed by atoms with E-state index in [0.717, 1.165) is 11.3 Å². The minimum atomic E-state index is -0.293. The molecule has 0 radical (unpaired) electrons. The third-order valence-electron chi connectivity index (χ3n) is 5.10. The molecule has 2 N–H and O–H groups in total. The van der Waals surface area contributed by atoms with Gasteiger partial charge >= 0.3 is 0 Å². The molecule has 0 aromatic heterocycles. The third kappa shape index (κ3) is 5.18. The zero-order valence-electron chi connectivity index (χ0n) is 17.7. The Bertz CT molecular complexity index is 1100. The van der Waals surface area contributed by atoms with Crippen molar-refractivity contribution in [3.05, 3.63) is 83.9 Å². The number of hydrogen-bond donors (Lipinski definition) is 2. The van der Waals surface area contributed by atoms with Gasteiger partial charge in [0.2, 0.25) is 0 Å². The first-order chi connectivity index (χ1) is 15.6. The Labute approximate surface area is 186 Å². The zero-order valence-corrected chi connectivity index (χ0v) is 17.7. The molecule has 0 saturated carbocycles. The lowest BCUT2D eigenvalue weighted by Crippen LogP contribution is -2.32. The van der Waals surface area contributed by atoms with Crippen LogP contribution in [0.15, 0.2) is 72.8 Å². The summed E-state index contributed by atoms with van der Waals surface area (Å²) in [4.78, 5) is 24.8. The van der Waals surface area contributed by atoms with Gasteiger partial charge < -0.3 is 24.8 Å². The fourth-order valence-corrected chi connectivity index (χ4v) is 3.48. The Morgan fingerprint density at radius 2 is 1.81 bits per heavy atom. The maximum Gasteiger partial charge on any atom is 0.262 e. The maximum atomic E-state index is 12.7. The van der Waals surface area contributed by atoms with E-state index >= 15 is 0 Å². The fraction of sp³-hybridized carbons (Fsp3) is 0.200. The Morgan fingerprint density at radius 1 is 1.00 bits per heavy atom. The van der Waals surface area contributed by atoms with Gasteiger partial charge in [0.05, 0.1) is 19.8 Å². The van der Waals surface area contributed by atoms with Crippen molar-refractivity contribution in [3.63, 3.8) is 0 Å². The summed E-state index contributed by atoms with van der Waals surface area (Å²) in [5, 5.41) is 5.82. The summed E-state index contributed by atoms with van der Waals surface area (Å²) >= 11 is 0. The first-order valence-electron chi connectivity index (χ1n) is 10.3. The molecule has 3 aromatic rings. The van der Waals surface area contributed by atoms with Crippen LogP contribution in [-0.4, -0.2) is 32.1 Å². The van der Waals surface area contributed by atoms with Crippen LogP contribution in [0.25, 0.3) is 0 Å². The minimum absolute atomic E-state index is 0.0938. The number of anilines is 1. The summed E-state index contributed by atoms with van der Waals surface area (Å²) in [6, 6.07) is 21.4. The average molecular weight is 432 g/mol. The van der Waals surface area contributed by atoms with Crippen LogP contribution in [0.5, 0.6) is 17.2 Å². The first kappa shape index (κ1) is 21.2. The first-order valence-corrected chi connectivity index (χ1v) is 10.3. The molecule has 7 heteroatoms. The number of benzene rings is 3. The smallest absolute Gasteiger partial charge is 0.262 e. The van der Waals surface area contributed by atoms with Gasteiger partial charge in [0.15, 0.2) is 6.61 Å². The van der Waals surface area contributed by atoms with E-state index in [-0.39, 0.29) is 24.5 Å². The molecule has 1 aliphatic rings. The lowest BCUT2D eigenvalue weighted by molar-refractivity contribution is -0.118. The third-order valence-corrected chi connectivity index (χ3v) is 5.10. The number of para-hydroxylation sites is 1. The second-order valence-electron chi connectivity index (χ2n) is 7.29. The molecular weight excluding hydrogens is 408 g/mol. The summed E-state index contributed by atoms with van der Waals surface area (Å²) in [7, 11) is 1.57. The largest absolute Gasteiger partial charge is 0.497 e. The van der Waals surface area contributed by atoms with Gasteiger partial charge in [-0.25, -0.2) is 0 Å². The van der Waals surface area contributed by atoms with Crippen molar-refractivity contribution in [2.24, 2.45) is 0 Å². The molecule has 0 fully saturated rings. The zero-order chi connectivity index (χ0) is 22.3. The van der Waals surface area contributed by atoms with Crippen LogP contribution in [0, 0.1) is 0 Å². The average Bonchev–Trinajstić information content (AvgIpc) is 2.83. The normalized spacial score (nSPS) is 14.5. The highest BCUT2D eigenvalue weighted by Gasteiger charge is 2.23. The molecule has 0 saturated heterocycles. The number of methoxy groups -OCH3 is 1. The van der Waals surface area contributed by atoms with Crippen LogP contribution < -0.4 is 24.8 Å². The van der Waals surface area contributed by atoms with Gasteiger partial charge in [0.25, 0.3) is 11.8 Å². The summed E-state index contributed by atoms with van der Waals surface area (Å²) in [6.45, 7) is 0.411. The quantitative estimate of drug-likeness (QED) is 0.590. The van der Waals surface area contributed by atoms with Crippen molar-refractivity contribution in [3.8, 4) is 17.2 Å². The standard InChI is InChI=1S/C25H24N2O5/c1-30-20-6-4-5-18(15-20)26-24(28)16-32-19-11-9-17(10-12-19)25(29)27-22-13-14-31-23-8-3-2-7-21(22)23/h2-12,15,22H,13-14,16H2,1H3,(H,26,28)(H,27,29). The van der Waals surface area contributed by atoms with E-state index in [2.05, 4.69) is 10.6 Å². The Hall–Kier alpha value is -4.00. The van der Waals surface area contributed by atoms with E-state index in [0.29, 0.717) is 35.8 Å². The van der Waals surface area contributed by atoms with E-state index in [1.54, 1.807) is 55.6 Å². The lowest BCUT2D eigenvalue weighted by Gasteiger charge is -2.26. The molecule has 164 valence electrons. The minimum Gasteiger partial charge on any atom is -0.497 e. The van der Waals surface area contributed by atoms with Crippen molar-refractivity contribution in [1.82, 2.24) is 5.32 Å². The molecule has 1 aliphatic heterocycles. The SMILES string of the molecule is COc1cccc(NC(=O)COc2ccc(C(=O)NC3CCOc4ccccc43)cc2)c1. The van der Waals surface area contributed by atoms with Gasteiger partial charge in [-0.2, -0.15) is 0 Å². The molecule has 1 unspecified atom stereocenters. The molecule has 4 rings (SSSR count). The van der Waals surface area contributed by atoms with Gasteiger partial charge in [-0.3, -0.25) is 9.59 Å². The van der Waals surface area contributed by atoms with Gasteiger partial charge in [0.1, 0.15) is 17.2 Å². The number of hydrogen-bond acceptors (Lipinski definition) is 5. The van der Waals surface area contributed by atoms with E-state index in [1.807, 2.05) is 24.3 Å². The summed E-state index contributed by atoms with van der Waals surface area (Å²) in [5.41, 5.74) is 2.12. The van der Waals surface area contributed by atoms with Crippen molar-refractivity contribution in [2.75, 3.05) is 25.6 Å². The number of fused-ring (bicyclic) bond motifs is 1. The summed E-state index contributed by atoms with van der Waals surface area (Å²) < 4.78 is 16.3. The molecule has 0 spiro atoms. The van der Waals surface area contributed by atoms with Crippen molar-refractivity contribution < 1.29 is 23.8 Å². The van der Waals surface area contributed by atoms with Crippen LogP contribution >= 0.6 is 0 Å². The van der Waals surface area contributed by atoms with Crippen LogP contribution in [-0.2, 0) is 4.79 Å². The van der Waals surface area contributed by atoms with Crippen LogP contribution in [0.4, 0.5) is 5.69 Å². The molecule has 3 aromatic carbocycles. The van der Waals surface area contributed by atoms with Crippen molar-refractivity contribution >= 4 is 17.5 Å². The predicted octanol–water partition coefficient (Wildman–Crippen LogP) is 3.97. The number of nitrogens with one attached hydrogen (secondary N) is 2. The molecule has 7 nitrogen and oxygen atoms in total. The predicted molar refractivity (Wildman–Crippen MR) is 120 cm³/mol. The van der Waals surface area contributed by atoms with E-state index in [1.165, 1.54) is 0 Å². The molecule has 1 atom stereocenters. The Morgan fingerprint density at radius 3 is 2.62 bits per heavy atom. The fourth-order valence-electron chi connectivity index (χ4n) is 3.48. The van der Waals surface area contributed by atoms with Gasteiger partial charge in [0, 0.05) is 29.3 Å². The second-order valence-corrected chi connectivity index (χ2v) is 7.29. The Kier molecular flexibility index (Phi) is 6.55. The topological polar surface area (TPSA) is 85.9 Å². The molecule has 2 amide bonds. The van der Waals surface area contributed by atoms with E-state index in [9.17, 15) is 9.59 Å². The molecule has 32 heavy (non-hydrogen) atoms. The Balaban J connectivity index is 1.30. The molecular formula is C25H24N2O5. The van der Waals surface area contributed by atoms with Gasteiger partial charge in [-0.15, -0.1) is 0 Å². The van der Waals surface area contributed by atoms with Crippen LogP contribution in [0.3, 0.4) is 0 Å². The van der Waals surface area contributed by atoms with Gasteiger partial charge in [-0.1, -0.05) is 24.3 Å². The number of ether oxygens (including phenoxy) is 3. The van der Waals surface area contributed by atoms with Crippen molar-refractivity contribution in [2.45, 2.75) is 12.5 Å². The number of carbonyl (C=O) groups excluding carboxylic acids is 2.